The topological polar surface area (TPSA) is 129 Å². The lowest BCUT2D eigenvalue weighted by atomic mass is 9.70. The standard InChI is InChI=1S/C47H59N7O6/c1-47(2)43(54(46(47)59)34-4-8-37(55)9-5-34)39-11-7-36(27-41(39)60-3)52-20-16-32(17-21-52)29-50-24-22-49(23-25-50)28-31-14-18-51(19-15-31)35-6-10-38-33(26-35)30-53(45(38)58)40-12-13-42(56)48-44(40)57/h4-11,26-27,31-32,40,43,55H,12-25,28-30H2,1-3H3,(H,48,56,57)/t40?,43-/m0/s1. The highest BCUT2D eigenvalue weighted by molar-refractivity contribution is 6.06. The molecule has 0 saturated carbocycles. The summed E-state index contributed by atoms with van der Waals surface area (Å²) in [6.45, 7) is 15.3. The van der Waals surface area contributed by atoms with Crippen LogP contribution < -0.4 is 24.8 Å². The number of methoxy groups -OCH3 is 1. The van der Waals surface area contributed by atoms with Crippen molar-refractivity contribution in [1.29, 1.82) is 0 Å². The van der Waals surface area contributed by atoms with Crippen LogP contribution in [0.1, 0.15) is 79.9 Å². The first-order chi connectivity index (χ1) is 29.0. The van der Waals surface area contributed by atoms with Crippen LogP contribution in [0.25, 0.3) is 0 Å². The van der Waals surface area contributed by atoms with Gasteiger partial charge in [0.1, 0.15) is 17.5 Å². The quantitative estimate of drug-likeness (QED) is 0.213. The van der Waals surface area contributed by atoms with Crippen molar-refractivity contribution in [3.8, 4) is 11.5 Å². The van der Waals surface area contributed by atoms with E-state index in [-0.39, 0.29) is 41.8 Å². The van der Waals surface area contributed by atoms with E-state index in [0.29, 0.717) is 30.4 Å². The van der Waals surface area contributed by atoms with Gasteiger partial charge in [-0.3, -0.25) is 24.5 Å². The molecular formula is C47H59N7O6. The fourth-order valence-electron chi connectivity index (χ4n) is 10.7. The number of hydrogen-bond acceptors (Lipinski definition) is 10. The highest BCUT2D eigenvalue weighted by Crippen LogP contribution is 2.54. The van der Waals surface area contributed by atoms with E-state index in [1.807, 2.05) is 24.8 Å². The summed E-state index contributed by atoms with van der Waals surface area (Å²) in [7, 11) is 1.71. The van der Waals surface area contributed by atoms with E-state index < -0.39 is 11.5 Å². The molecule has 2 N–H and O–H groups in total. The molecule has 318 valence electrons. The molecule has 6 aliphatic rings. The average Bonchev–Trinajstić information content (AvgIpc) is 3.58. The van der Waals surface area contributed by atoms with Crippen molar-refractivity contribution in [3.05, 3.63) is 77.4 Å². The van der Waals surface area contributed by atoms with Crippen molar-refractivity contribution in [1.82, 2.24) is 20.0 Å². The van der Waals surface area contributed by atoms with E-state index >= 15 is 0 Å². The Balaban J connectivity index is 0.710. The first-order valence-corrected chi connectivity index (χ1v) is 22.0. The Morgan fingerprint density at radius 3 is 1.87 bits per heavy atom. The van der Waals surface area contributed by atoms with Gasteiger partial charge in [-0.15, -0.1) is 0 Å². The van der Waals surface area contributed by atoms with Gasteiger partial charge < -0.3 is 39.2 Å². The number of phenolic OH excluding ortho intramolecular Hbond substituents is 1. The largest absolute Gasteiger partial charge is 0.508 e. The lowest BCUT2D eigenvalue weighted by Gasteiger charge is -2.53. The predicted molar refractivity (Wildman–Crippen MR) is 230 cm³/mol. The molecule has 3 aromatic rings. The maximum atomic E-state index is 13.3. The highest BCUT2D eigenvalue weighted by atomic mass is 16.5. The zero-order valence-electron chi connectivity index (χ0n) is 35.3. The number of fused-ring (bicyclic) bond motifs is 1. The highest BCUT2D eigenvalue weighted by Gasteiger charge is 2.56. The van der Waals surface area contributed by atoms with Crippen LogP contribution in [-0.4, -0.2) is 122 Å². The summed E-state index contributed by atoms with van der Waals surface area (Å²) < 4.78 is 5.96. The number of hydrogen-bond donors (Lipinski definition) is 2. The molecule has 60 heavy (non-hydrogen) atoms. The van der Waals surface area contributed by atoms with Crippen LogP contribution in [0.15, 0.2) is 60.7 Å². The molecule has 4 amide bonds. The lowest BCUT2D eigenvalue weighted by molar-refractivity contribution is -0.138. The van der Waals surface area contributed by atoms with E-state index in [2.05, 4.69) is 55.2 Å². The van der Waals surface area contributed by atoms with Crippen molar-refractivity contribution in [2.75, 3.05) is 87.3 Å². The Morgan fingerprint density at radius 1 is 0.717 bits per heavy atom. The first-order valence-electron chi connectivity index (χ1n) is 22.0. The number of benzene rings is 3. The van der Waals surface area contributed by atoms with Crippen molar-refractivity contribution < 1.29 is 29.0 Å². The van der Waals surface area contributed by atoms with Crippen LogP contribution in [0.5, 0.6) is 11.5 Å². The fraction of sp³-hybridized carbons (Fsp3) is 0.532. The molecule has 9 rings (SSSR count). The van der Waals surface area contributed by atoms with Crippen molar-refractivity contribution >= 4 is 40.7 Å². The Kier molecular flexibility index (Phi) is 11.0. The Bertz CT molecular complexity index is 2120. The summed E-state index contributed by atoms with van der Waals surface area (Å²) in [4.78, 5) is 64.2. The molecule has 5 saturated heterocycles. The number of carbonyl (C=O) groups is 4. The van der Waals surface area contributed by atoms with Gasteiger partial charge in [0, 0.05) is 113 Å². The van der Waals surface area contributed by atoms with Gasteiger partial charge in [0.25, 0.3) is 5.91 Å². The third kappa shape index (κ3) is 7.70. The van der Waals surface area contributed by atoms with Gasteiger partial charge in [-0.25, -0.2) is 0 Å². The number of piperazine rings is 1. The second-order valence-corrected chi connectivity index (χ2v) is 18.4. The van der Waals surface area contributed by atoms with E-state index in [4.69, 9.17) is 4.74 Å². The minimum absolute atomic E-state index is 0.0581. The van der Waals surface area contributed by atoms with Crippen LogP contribution in [0.4, 0.5) is 17.1 Å². The minimum Gasteiger partial charge on any atom is -0.508 e. The molecule has 0 bridgehead atoms. The molecule has 0 radical (unpaired) electrons. The summed E-state index contributed by atoms with van der Waals surface area (Å²) in [5.74, 6) is 1.65. The molecular weight excluding hydrogens is 759 g/mol. The summed E-state index contributed by atoms with van der Waals surface area (Å²) in [6.07, 6.45) is 5.29. The van der Waals surface area contributed by atoms with Crippen molar-refractivity contribution in [2.24, 2.45) is 17.3 Å². The Labute approximate surface area is 353 Å². The third-order valence-corrected chi connectivity index (χ3v) is 14.3. The maximum Gasteiger partial charge on any atom is 0.255 e. The van der Waals surface area contributed by atoms with Crippen molar-refractivity contribution in [2.45, 2.75) is 71.0 Å². The van der Waals surface area contributed by atoms with Crippen LogP contribution in [0, 0.1) is 17.3 Å². The molecule has 13 heteroatoms. The van der Waals surface area contributed by atoms with Crippen LogP contribution in [0.2, 0.25) is 0 Å². The van der Waals surface area contributed by atoms with Gasteiger partial charge in [0.05, 0.1) is 18.6 Å². The number of amides is 4. The molecule has 5 fully saturated rings. The zero-order chi connectivity index (χ0) is 41.7. The lowest BCUT2D eigenvalue weighted by Crippen LogP contribution is -2.61. The predicted octanol–water partition coefficient (Wildman–Crippen LogP) is 5.03. The number of nitrogens with one attached hydrogen (secondary N) is 1. The van der Waals surface area contributed by atoms with E-state index in [1.54, 1.807) is 36.3 Å². The smallest absolute Gasteiger partial charge is 0.255 e. The second kappa shape index (κ2) is 16.4. The van der Waals surface area contributed by atoms with Gasteiger partial charge >= 0.3 is 0 Å². The van der Waals surface area contributed by atoms with E-state index in [1.165, 1.54) is 12.8 Å². The van der Waals surface area contributed by atoms with Gasteiger partial charge in [-0.1, -0.05) is 6.07 Å². The molecule has 0 spiro atoms. The number of carbonyl (C=O) groups excluding carboxylic acids is 4. The number of nitrogens with zero attached hydrogens (tertiary/aromatic N) is 6. The SMILES string of the molecule is COc1cc(N2CCC(CN3CCN(CC4CCN(c5ccc6c(c5)CN(C5CCC(=O)NC5=O)C6=O)CC4)CC3)CC2)ccc1[C@@H]1N(c2ccc(O)cc2)C(=O)C1(C)C. The molecule has 2 atom stereocenters. The van der Waals surface area contributed by atoms with Gasteiger partial charge in [-0.2, -0.15) is 0 Å². The molecule has 13 nitrogen and oxygen atoms in total. The normalized spacial score (nSPS) is 24.4. The molecule has 3 aromatic carbocycles. The second-order valence-electron chi connectivity index (χ2n) is 18.4. The number of ether oxygens (including phenoxy) is 1. The molecule has 6 aliphatic heterocycles. The number of phenols is 1. The number of anilines is 3. The van der Waals surface area contributed by atoms with Crippen LogP contribution in [-0.2, 0) is 20.9 Å². The number of imide groups is 1. The van der Waals surface area contributed by atoms with E-state index in [0.717, 1.165) is 112 Å². The summed E-state index contributed by atoms with van der Waals surface area (Å²) >= 11 is 0. The average molecular weight is 818 g/mol. The number of aromatic hydroxyl groups is 1. The number of rotatable bonds is 10. The first kappa shape index (κ1) is 40.3. The van der Waals surface area contributed by atoms with Gasteiger partial charge in [0.15, 0.2) is 0 Å². The van der Waals surface area contributed by atoms with Gasteiger partial charge in [-0.05, 0) is 112 Å². The maximum absolute atomic E-state index is 13.3. The summed E-state index contributed by atoms with van der Waals surface area (Å²) in [6, 6.07) is 18.6. The van der Waals surface area contributed by atoms with Crippen molar-refractivity contribution in [3.63, 3.8) is 0 Å². The Hall–Kier alpha value is -5.14. The summed E-state index contributed by atoms with van der Waals surface area (Å²) in [5, 5.41) is 12.2. The minimum atomic E-state index is -0.586. The third-order valence-electron chi connectivity index (χ3n) is 14.3. The van der Waals surface area contributed by atoms with Gasteiger partial charge in [0.2, 0.25) is 17.7 Å². The molecule has 0 aliphatic carbocycles. The molecule has 0 aromatic heterocycles. The monoisotopic (exact) mass is 817 g/mol. The van der Waals surface area contributed by atoms with E-state index in [9.17, 15) is 24.3 Å². The summed E-state index contributed by atoms with van der Waals surface area (Å²) in [5.41, 5.74) is 5.14. The van der Waals surface area contributed by atoms with Crippen LogP contribution >= 0.6 is 0 Å². The molecule has 1 unspecified atom stereocenters. The molecule has 6 heterocycles. The Morgan fingerprint density at radius 2 is 1.28 bits per heavy atom. The number of β-lactam (4-membered cyclic amide) rings is 1. The zero-order valence-corrected chi connectivity index (χ0v) is 35.3. The fourth-order valence-corrected chi connectivity index (χ4v) is 10.7. The number of piperidine rings is 3. The van der Waals surface area contributed by atoms with Crippen LogP contribution in [0.3, 0.4) is 0 Å².